The van der Waals surface area contributed by atoms with Crippen LogP contribution in [-0.4, -0.2) is 24.0 Å². The predicted octanol–water partition coefficient (Wildman–Crippen LogP) is 1.66. The van der Waals surface area contributed by atoms with E-state index in [2.05, 4.69) is 19.2 Å². The van der Waals surface area contributed by atoms with Crippen molar-refractivity contribution in [3.63, 3.8) is 0 Å². The number of hydrogen-bond acceptors (Lipinski definition) is 2. The number of hydrogen-bond donors (Lipinski definition) is 1. The van der Waals surface area contributed by atoms with E-state index in [0.717, 1.165) is 18.7 Å². The van der Waals surface area contributed by atoms with Gasteiger partial charge in [-0.15, -0.1) is 0 Å². The summed E-state index contributed by atoms with van der Waals surface area (Å²) < 4.78 is 0. The Hall–Kier alpha value is -0.180. The third kappa shape index (κ3) is 1.85. The summed E-state index contributed by atoms with van der Waals surface area (Å²) in [7, 11) is 0. The van der Waals surface area contributed by atoms with Crippen LogP contribution in [0.1, 0.15) is 26.7 Å². The second-order valence-electron chi connectivity index (χ2n) is 5.29. The van der Waals surface area contributed by atoms with Crippen LogP contribution in [0.4, 0.5) is 0 Å². The van der Waals surface area contributed by atoms with Crippen molar-refractivity contribution in [2.75, 3.05) is 18.1 Å². The van der Waals surface area contributed by atoms with Crippen molar-refractivity contribution in [1.82, 2.24) is 5.32 Å². The molecule has 2 aliphatic heterocycles. The molecule has 0 bridgehead atoms. The normalized spacial score (nSPS) is 37.8. The first-order valence-corrected chi connectivity index (χ1v) is 6.01. The minimum absolute atomic E-state index is 0.248. The van der Waals surface area contributed by atoms with Crippen LogP contribution in [0.15, 0.2) is 0 Å². The summed E-state index contributed by atoms with van der Waals surface area (Å²) in [6.45, 7) is 5.52. The minimum Gasteiger partial charge on any atom is -0.355 e. The quantitative estimate of drug-likeness (QED) is 0.643. The molecule has 0 aromatic heterocycles. The molecule has 2 fully saturated rings. The summed E-state index contributed by atoms with van der Waals surface area (Å²) >= 11 is 2.01. The Morgan fingerprint density at radius 2 is 2.15 bits per heavy atom. The second-order valence-corrected chi connectivity index (χ2v) is 6.27. The van der Waals surface area contributed by atoms with Gasteiger partial charge in [0.1, 0.15) is 0 Å². The zero-order valence-electron chi connectivity index (χ0n) is 8.35. The molecule has 1 amide bonds. The fraction of sp³-hybridized carbons (Fsp3) is 0.900. The van der Waals surface area contributed by atoms with Crippen LogP contribution in [0.5, 0.6) is 0 Å². The van der Waals surface area contributed by atoms with Gasteiger partial charge in [0.05, 0.1) is 0 Å². The molecule has 2 nitrogen and oxygen atoms in total. The first-order valence-electron chi connectivity index (χ1n) is 4.86. The second kappa shape index (κ2) is 2.91. The highest BCUT2D eigenvalue weighted by atomic mass is 32.2. The van der Waals surface area contributed by atoms with E-state index in [4.69, 9.17) is 0 Å². The summed E-state index contributed by atoms with van der Waals surface area (Å²) in [4.78, 5) is 11.2. The van der Waals surface area contributed by atoms with Gasteiger partial charge in [0, 0.05) is 24.1 Å². The molecule has 2 rings (SSSR count). The van der Waals surface area contributed by atoms with Gasteiger partial charge in [-0.2, -0.15) is 11.8 Å². The maximum Gasteiger partial charge on any atom is 0.220 e. The molecule has 13 heavy (non-hydrogen) atoms. The van der Waals surface area contributed by atoms with Crippen molar-refractivity contribution < 1.29 is 4.79 Å². The molecule has 0 saturated carbocycles. The molecule has 1 unspecified atom stereocenters. The molecule has 74 valence electrons. The Bertz CT molecular complexity index is 239. The molecule has 1 N–H and O–H groups in total. The van der Waals surface area contributed by atoms with Crippen LogP contribution in [0.25, 0.3) is 0 Å². The number of carbonyl (C=O) groups excluding carboxylic acids is 1. The van der Waals surface area contributed by atoms with E-state index in [1.54, 1.807) is 0 Å². The average Bonchev–Trinajstić information content (AvgIpc) is 2.29. The summed E-state index contributed by atoms with van der Waals surface area (Å²) in [5.41, 5.74) is 0.693. The summed E-state index contributed by atoms with van der Waals surface area (Å²) in [5.74, 6) is 2.65. The van der Waals surface area contributed by atoms with E-state index in [1.807, 2.05) is 11.8 Å². The largest absolute Gasteiger partial charge is 0.355 e. The lowest BCUT2D eigenvalue weighted by Gasteiger charge is -2.41. The lowest BCUT2D eigenvalue weighted by Crippen LogP contribution is -2.38. The Balaban J connectivity index is 2.11. The van der Waals surface area contributed by atoms with E-state index in [0.29, 0.717) is 5.41 Å². The molecule has 2 saturated heterocycles. The number of thioether (sulfide) groups is 1. The molecule has 0 aromatic carbocycles. The van der Waals surface area contributed by atoms with Crippen LogP contribution < -0.4 is 5.32 Å². The van der Waals surface area contributed by atoms with Crippen LogP contribution in [0, 0.1) is 10.8 Å². The zero-order valence-corrected chi connectivity index (χ0v) is 9.17. The molecular weight excluding hydrogens is 182 g/mol. The first kappa shape index (κ1) is 9.38. The van der Waals surface area contributed by atoms with E-state index in [-0.39, 0.29) is 11.3 Å². The monoisotopic (exact) mass is 199 g/mol. The Kier molecular flexibility index (Phi) is 2.10. The summed E-state index contributed by atoms with van der Waals surface area (Å²) in [5, 5.41) is 2.97. The molecule has 2 aliphatic rings. The Morgan fingerprint density at radius 1 is 1.38 bits per heavy atom. The minimum atomic E-state index is 0.248. The van der Waals surface area contributed by atoms with E-state index >= 15 is 0 Å². The van der Waals surface area contributed by atoms with Gasteiger partial charge in [-0.1, -0.05) is 13.8 Å². The van der Waals surface area contributed by atoms with E-state index in [1.165, 1.54) is 12.2 Å². The van der Waals surface area contributed by atoms with Gasteiger partial charge < -0.3 is 5.32 Å². The average molecular weight is 199 g/mol. The molecule has 0 aromatic rings. The highest BCUT2D eigenvalue weighted by molar-refractivity contribution is 7.99. The maximum absolute atomic E-state index is 11.2. The number of amides is 1. The smallest absolute Gasteiger partial charge is 0.220 e. The Morgan fingerprint density at radius 3 is 2.69 bits per heavy atom. The van der Waals surface area contributed by atoms with Gasteiger partial charge in [0.25, 0.3) is 0 Å². The lowest BCUT2D eigenvalue weighted by atomic mass is 9.74. The van der Waals surface area contributed by atoms with Crippen LogP contribution >= 0.6 is 11.8 Å². The fourth-order valence-electron chi connectivity index (χ4n) is 2.64. The van der Waals surface area contributed by atoms with Gasteiger partial charge in [0.2, 0.25) is 5.91 Å². The fourth-order valence-corrected chi connectivity index (χ4v) is 4.14. The van der Waals surface area contributed by atoms with E-state index < -0.39 is 0 Å². The molecular formula is C10H17NOS. The van der Waals surface area contributed by atoms with Gasteiger partial charge in [0.15, 0.2) is 0 Å². The third-order valence-electron chi connectivity index (χ3n) is 2.95. The summed E-state index contributed by atoms with van der Waals surface area (Å²) in [6, 6.07) is 0. The van der Waals surface area contributed by atoms with Crippen LogP contribution in [-0.2, 0) is 4.79 Å². The topological polar surface area (TPSA) is 29.1 Å². The van der Waals surface area contributed by atoms with Gasteiger partial charge in [-0.25, -0.2) is 0 Å². The molecule has 1 atom stereocenters. The molecule has 0 aliphatic carbocycles. The SMILES string of the molecule is CC1(C)CSCC2(CNC(=O)C2)C1. The van der Waals surface area contributed by atoms with E-state index in [9.17, 15) is 4.79 Å². The highest BCUT2D eigenvalue weighted by Gasteiger charge is 2.45. The van der Waals surface area contributed by atoms with Gasteiger partial charge in [-0.3, -0.25) is 4.79 Å². The van der Waals surface area contributed by atoms with Crippen molar-refractivity contribution in [2.24, 2.45) is 10.8 Å². The Labute approximate surface area is 83.8 Å². The summed E-state index contributed by atoms with van der Waals surface area (Å²) in [6.07, 6.45) is 1.95. The van der Waals surface area contributed by atoms with Gasteiger partial charge in [-0.05, 0) is 17.6 Å². The van der Waals surface area contributed by atoms with Gasteiger partial charge >= 0.3 is 0 Å². The molecule has 2 heterocycles. The van der Waals surface area contributed by atoms with Crippen molar-refractivity contribution in [2.45, 2.75) is 26.7 Å². The van der Waals surface area contributed by atoms with Crippen molar-refractivity contribution >= 4 is 17.7 Å². The molecule has 1 spiro atoms. The zero-order chi connectivity index (χ0) is 9.53. The number of rotatable bonds is 0. The molecule has 0 radical (unpaired) electrons. The standard InChI is InChI=1S/C10H17NOS/c1-9(2)4-10(7-13-6-9)3-8(12)11-5-10/h3-7H2,1-2H3,(H,11,12). The first-order chi connectivity index (χ1) is 6.02. The van der Waals surface area contributed by atoms with Crippen molar-refractivity contribution in [3.8, 4) is 0 Å². The lowest BCUT2D eigenvalue weighted by molar-refractivity contribution is -0.119. The third-order valence-corrected chi connectivity index (χ3v) is 4.75. The molecule has 3 heteroatoms. The number of nitrogens with one attached hydrogen (secondary N) is 1. The maximum atomic E-state index is 11.2. The van der Waals surface area contributed by atoms with Crippen molar-refractivity contribution in [3.05, 3.63) is 0 Å². The van der Waals surface area contributed by atoms with Crippen LogP contribution in [0.2, 0.25) is 0 Å². The highest BCUT2D eigenvalue weighted by Crippen LogP contribution is 2.47. The predicted molar refractivity (Wildman–Crippen MR) is 55.8 cm³/mol. The number of carbonyl (C=O) groups is 1. The van der Waals surface area contributed by atoms with Crippen LogP contribution in [0.3, 0.4) is 0 Å². The van der Waals surface area contributed by atoms with Crippen molar-refractivity contribution in [1.29, 1.82) is 0 Å².